The highest BCUT2D eigenvalue weighted by molar-refractivity contribution is 5.91. The van der Waals surface area contributed by atoms with E-state index in [1.165, 1.54) is 5.56 Å². The molecule has 0 bridgehead atoms. The molecule has 0 aliphatic carbocycles. The average molecular weight is 445 g/mol. The van der Waals surface area contributed by atoms with Gasteiger partial charge in [0.1, 0.15) is 17.8 Å². The lowest BCUT2D eigenvalue weighted by molar-refractivity contribution is -0.129. The molecule has 8 nitrogen and oxygen atoms in total. The summed E-state index contributed by atoms with van der Waals surface area (Å²) in [6.45, 7) is 1.53. The number of nitrogens with one attached hydrogen (secondary N) is 4. The monoisotopic (exact) mass is 444 g/mol. The van der Waals surface area contributed by atoms with Crippen LogP contribution in [-0.2, 0) is 11.3 Å². The van der Waals surface area contributed by atoms with E-state index in [9.17, 15) is 4.79 Å². The predicted octanol–water partition coefficient (Wildman–Crippen LogP) is 4.71. The van der Waals surface area contributed by atoms with Crippen LogP contribution in [0.1, 0.15) is 31.2 Å². The van der Waals surface area contributed by atoms with E-state index in [-0.39, 0.29) is 5.91 Å². The number of rotatable bonds is 11. The van der Waals surface area contributed by atoms with Gasteiger partial charge in [0.2, 0.25) is 5.91 Å². The second kappa shape index (κ2) is 11.1. The van der Waals surface area contributed by atoms with E-state index >= 15 is 0 Å². The lowest BCUT2D eigenvalue weighted by Gasteiger charge is -2.07. The summed E-state index contributed by atoms with van der Waals surface area (Å²) in [4.78, 5) is 23.2. The molecule has 5 N–H and O–H groups in total. The van der Waals surface area contributed by atoms with Crippen molar-refractivity contribution >= 4 is 28.4 Å². The molecule has 0 aliphatic heterocycles. The Bertz CT molecular complexity index is 1170. The molecule has 2 aromatic carbocycles. The standard InChI is InChI=1S/C25H28N6O2/c32-23(31-33)9-5-2-6-14-26-20-12-10-19(11-13-20)22-15-21-24(28-17-29-25(21)30-22)27-16-18-7-3-1-4-8-18/h1,3-4,7-8,10-13,15,17,26,33H,2,5-6,9,14,16H2,(H,31,32)(H2,27,28,29,30). The second-order valence-electron chi connectivity index (χ2n) is 7.86. The molecule has 0 atom stereocenters. The first-order chi connectivity index (χ1) is 16.2. The van der Waals surface area contributed by atoms with Gasteiger partial charge in [0.05, 0.1) is 5.39 Å². The Morgan fingerprint density at radius 1 is 0.939 bits per heavy atom. The van der Waals surface area contributed by atoms with E-state index in [1.54, 1.807) is 11.8 Å². The topological polar surface area (TPSA) is 115 Å². The van der Waals surface area contributed by atoms with Gasteiger partial charge < -0.3 is 15.6 Å². The molecule has 0 radical (unpaired) electrons. The molecule has 0 spiro atoms. The molecule has 2 heterocycles. The Hall–Kier alpha value is -3.91. The molecule has 170 valence electrons. The van der Waals surface area contributed by atoms with Gasteiger partial charge in [0.25, 0.3) is 0 Å². The molecule has 0 aliphatic rings. The highest BCUT2D eigenvalue weighted by Crippen LogP contribution is 2.27. The molecule has 33 heavy (non-hydrogen) atoms. The molecule has 0 saturated carbocycles. The second-order valence-corrected chi connectivity index (χ2v) is 7.86. The zero-order valence-electron chi connectivity index (χ0n) is 18.3. The largest absolute Gasteiger partial charge is 0.385 e. The van der Waals surface area contributed by atoms with Crippen molar-refractivity contribution in [3.63, 3.8) is 0 Å². The molecule has 0 fully saturated rings. The van der Waals surface area contributed by atoms with Crippen LogP contribution in [0, 0.1) is 0 Å². The third-order valence-corrected chi connectivity index (χ3v) is 5.46. The Labute approximate surface area is 192 Å². The number of unbranched alkanes of at least 4 members (excludes halogenated alkanes) is 2. The summed E-state index contributed by atoms with van der Waals surface area (Å²) in [7, 11) is 0. The first kappa shape index (κ1) is 22.3. The van der Waals surface area contributed by atoms with Crippen LogP contribution in [0.2, 0.25) is 0 Å². The van der Waals surface area contributed by atoms with E-state index in [0.29, 0.717) is 13.0 Å². The summed E-state index contributed by atoms with van der Waals surface area (Å²) in [5.41, 5.74) is 6.76. The van der Waals surface area contributed by atoms with E-state index in [1.807, 2.05) is 18.2 Å². The van der Waals surface area contributed by atoms with Gasteiger partial charge >= 0.3 is 0 Å². The fourth-order valence-electron chi connectivity index (χ4n) is 3.66. The Kier molecular flexibility index (Phi) is 7.50. The van der Waals surface area contributed by atoms with Crippen LogP contribution in [0.15, 0.2) is 67.0 Å². The third-order valence-electron chi connectivity index (χ3n) is 5.46. The summed E-state index contributed by atoms with van der Waals surface area (Å²) in [5, 5.41) is 16.3. The number of aromatic amines is 1. The average Bonchev–Trinajstić information content (AvgIpc) is 3.30. The Morgan fingerprint density at radius 2 is 1.76 bits per heavy atom. The Balaban J connectivity index is 1.34. The molecule has 2 aromatic heterocycles. The summed E-state index contributed by atoms with van der Waals surface area (Å²) in [6.07, 6.45) is 4.57. The number of hydrogen-bond acceptors (Lipinski definition) is 6. The van der Waals surface area contributed by atoms with Crippen LogP contribution >= 0.6 is 0 Å². The summed E-state index contributed by atoms with van der Waals surface area (Å²) < 4.78 is 0. The van der Waals surface area contributed by atoms with Crippen molar-refractivity contribution in [2.45, 2.75) is 32.2 Å². The van der Waals surface area contributed by atoms with Crippen molar-refractivity contribution in [3.05, 3.63) is 72.6 Å². The van der Waals surface area contributed by atoms with Crippen molar-refractivity contribution in [1.29, 1.82) is 0 Å². The first-order valence-corrected chi connectivity index (χ1v) is 11.1. The molecular weight excluding hydrogens is 416 g/mol. The molecule has 0 saturated heterocycles. The van der Waals surface area contributed by atoms with Crippen molar-refractivity contribution in [1.82, 2.24) is 20.4 Å². The minimum absolute atomic E-state index is 0.333. The zero-order valence-corrected chi connectivity index (χ0v) is 18.3. The van der Waals surface area contributed by atoms with Crippen LogP contribution in [0.3, 0.4) is 0 Å². The fraction of sp³-hybridized carbons (Fsp3) is 0.240. The minimum atomic E-state index is -0.333. The van der Waals surface area contributed by atoms with Gasteiger partial charge in [-0.05, 0) is 42.2 Å². The number of H-pyrrole nitrogens is 1. The number of nitrogens with zero attached hydrogens (tertiary/aromatic N) is 2. The maximum atomic E-state index is 11.0. The van der Waals surface area contributed by atoms with Crippen molar-refractivity contribution in [2.75, 3.05) is 17.2 Å². The number of anilines is 2. The van der Waals surface area contributed by atoms with E-state index < -0.39 is 0 Å². The number of hydrogen-bond donors (Lipinski definition) is 5. The van der Waals surface area contributed by atoms with Crippen LogP contribution in [-0.4, -0.2) is 32.6 Å². The van der Waals surface area contributed by atoms with Gasteiger partial charge in [0.15, 0.2) is 0 Å². The lowest BCUT2D eigenvalue weighted by Crippen LogP contribution is -2.17. The van der Waals surface area contributed by atoms with Gasteiger partial charge in [-0.15, -0.1) is 0 Å². The highest BCUT2D eigenvalue weighted by Gasteiger charge is 2.09. The molecule has 0 unspecified atom stereocenters. The highest BCUT2D eigenvalue weighted by atomic mass is 16.5. The molecule has 4 aromatic rings. The van der Waals surface area contributed by atoms with Gasteiger partial charge in [-0.1, -0.05) is 48.9 Å². The number of aromatic nitrogens is 3. The van der Waals surface area contributed by atoms with Crippen LogP contribution in [0.4, 0.5) is 11.5 Å². The minimum Gasteiger partial charge on any atom is -0.385 e. The maximum Gasteiger partial charge on any atom is 0.243 e. The van der Waals surface area contributed by atoms with Crippen molar-refractivity contribution < 1.29 is 10.0 Å². The summed E-state index contributed by atoms with van der Waals surface area (Å²) in [6, 6.07) is 20.6. The number of fused-ring (bicyclic) bond motifs is 1. The number of carbonyl (C=O) groups is 1. The Morgan fingerprint density at radius 3 is 2.55 bits per heavy atom. The summed E-state index contributed by atoms with van der Waals surface area (Å²) >= 11 is 0. The van der Waals surface area contributed by atoms with Crippen LogP contribution in [0.25, 0.3) is 22.3 Å². The van der Waals surface area contributed by atoms with Gasteiger partial charge in [-0.25, -0.2) is 15.4 Å². The van der Waals surface area contributed by atoms with E-state index in [4.69, 9.17) is 5.21 Å². The quantitative estimate of drug-likeness (QED) is 0.130. The van der Waals surface area contributed by atoms with Crippen molar-refractivity contribution in [3.8, 4) is 11.3 Å². The number of amides is 1. The first-order valence-electron chi connectivity index (χ1n) is 11.1. The maximum absolute atomic E-state index is 11.0. The normalized spacial score (nSPS) is 10.8. The van der Waals surface area contributed by atoms with Gasteiger partial charge in [-0.2, -0.15) is 0 Å². The fourth-order valence-corrected chi connectivity index (χ4v) is 3.66. The molecule has 8 heteroatoms. The predicted molar refractivity (Wildman–Crippen MR) is 130 cm³/mol. The van der Waals surface area contributed by atoms with E-state index in [2.05, 4.69) is 68.1 Å². The number of hydroxylamine groups is 1. The SMILES string of the molecule is O=C(CCCCCNc1ccc(-c2cc3c(NCc4ccccc4)ncnc3[nH]2)cc1)NO. The van der Waals surface area contributed by atoms with Gasteiger partial charge in [-0.3, -0.25) is 10.0 Å². The van der Waals surface area contributed by atoms with Crippen LogP contribution in [0.5, 0.6) is 0 Å². The van der Waals surface area contributed by atoms with E-state index in [0.717, 1.165) is 59.6 Å². The smallest absolute Gasteiger partial charge is 0.243 e. The zero-order chi connectivity index (χ0) is 22.9. The number of benzene rings is 2. The van der Waals surface area contributed by atoms with Gasteiger partial charge in [0, 0.05) is 30.9 Å². The number of carbonyl (C=O) groups excluding carboxylic acids is 1. The van der Waals surface area contributed by atoms with Crippen molar-refractivity contribution in [2.24, 2.45) is 0 Å². The molecule has 4 rings (SSSR count). The molecular formula is C25H28N6O2. The third kappa shape index (κ3) is 6.08. The summed E-state index contributed by atoms with van der Waals surface area (Å²) in [5.74, 6) is 0.474. The van der Waals surface area contributed by atoms with Crippen LogP contribution < -0.4 is 16.1 Å². The molecule has 1 amide bonds. The lowest BCUT2D eigenvalue weighted by atomic mass is 10.1.